The van der Waals surface area contributed by atoms with E-state index < -0.39 is 0 Å². The number of aromatic nitrogens is 5. The fraction of sp³-hybridized carbons (Fsp3) is 0.143. The molecule has 1 aromatic carbocycles. The third kappa shape index (κ3) is 2.71. The van der Waals surface area contributed by atoms with Crippen LogP contribution in [0.15, 0.2) is 47.7 Å². The predicted molar refractivity (Wildman–Crippen MR) is 83.2 cm³/mol. The molecule has 1 N–H and O–H groups in total. The summed E-state index contributed by atoms with van der Waals surface area (Å²) in [6.45, 7) is 0.396. The molecule has 0 amide bonds. The molecule has 3 aromatic rings. The highest BCUT2D eigenvalue weighted by molar-refractivity contribution is 6.32. The molecule has 0 unspecified atom stereocenters. The van der Waals surface area contributed by atoms with Crippen molar-refractivity contribution < 1.29 is 0 Å². The first-order valence-corrected chi connectivity index (χ1v) is 6.94. The molecule has 0 saturated carbocycles. The zero-order chi connectivity index (χ0) is 15.5. The van der Waals surface area contributed by atoms with Crippen molar-refractivity contribution in [2.24, 2.45) is 7.05 Å². The Kier molecular flexibility index (Phi) is 3.88. The van der Waals surface area contributed by atoms with E-state index in [0.717, 1.165) is 5.82 Å². The van der Waals surface area contributed by atoms with Crippen LogP contribution in [0.5, 0.6) is 0 Å². The summed E-state index contributed by atoms with van der Waals surface area (Å²) in [6.07, 6.45) is 2.98. The Bertz CT molecular complexity index is 842. The molecule has 0 aliphatic rings. The van der Waals surface area contributed by atoms with E-state index in [4.69, 9.17) is 11.6 Å². The SMILES string of the molecule is Cn1ncnc1CNc1cnn(-c2ccccc2)c(=O)c1Cl. The molecule has 112 valence electrons. The Morgan fingerprint density at radius 1 is 1.23 bits per heavy atom. The second kappa shape index (κ2) is 5.98. The van der Waals surface area contributed by atoms with Crippen LogP contribution in [0.4, 0.5) is 5.69 Å². The highest BCUT2D eigenvalue weighted by atomic mass is 35.5. The molecular weight excluding hydrogens is 304 g/mol. The number of benzene rings is 1. The number of hydrogen-bond donors (Lipinski definition) is 1. The van der Waals surface area contributed by atoms with Crippen LogP contribution in [0.2, 0.25) is 5.02 Å². The Balaban J connectivity index is 1.87. The van der Waals surface area contributed by atoms with Crippen LogP contribution >= 0.6 is 11.6 Å². The van der Waals surface area contributed by atoms with Crippen LogP contribution in [0.1, 0.15) is 5.82 Å². The summed E-state index contributed by atoms with van der Waals surface area (Å²) in [7, 11) is 1.79. The minimum atomic E-state index is -0.379. The van der Waals surface area contributed by atoms with Crippen molar-refractivity contribution >= 4 is 17.3 Å². The lowest BCUT2D eigenvalue weighted by Gasteiger charge is -2.10. The zero-order valence-corrected chi connectivity index (χ0v) is 12.5. The minimum absolute atomic E-state index is 0.0843. The average Bonchev–Trinajstić information content (AvgIpc) is 2.95. The van der Waals surface area contributed by atoms with Gasteiger partial charge >= 0.3 is 0 Å². The lowest BCUT2D eigenvalue weighted by Crippen LogP contribution is -2.22. The topological polar surface area (TPSA) is 77.6 Å². The number of anilines is 1. The largest absolute Gasteiger partial charge is 0.375 e. The van der Waals surface area contributed by atoms with Gasteiger partial charge in [0.2, 0.25) is 0 Å². The normalized spacial score (nSPS) is 10.6. The van der Waals surface area contributed by atoms with Crippen LogP contribution in [0, 0.1) is 0 Å². The molecule has 2 aromatic heterocycles. The van der Waals surface area contributed by atoms with E-state index in [1.165, 1.54) is 17.2 Å². The van der Waals surface area contributed by atoms with Crippen molar-refractivity contribution in [3.63, 3.8) is 0 Å². The Morgan fingerprint density at radius 2 is 2.00 bits per heavy atom. The summed E-state index contributed by atoms with van der Waals surface area (Å²) >= 11 is 6.15. The summed E-state index contributed by atoms with van der Waals surface area (Å²) in [5, 5.41) is 11.2. The number of rotatable bonds is 4. The molecule has 0 fully saturated rings. The highest BCUT2D eigenvalue weighted by Gasteiger charge is 2.11. The fourth-order valence-electron chi connectivity index (χ4n) is 1.96. The molecule has 0 aliphatic heterocycles. The monoisotopic (exact) mass is 316 g/mol. The fourth-order valence-corrected chi connectivity index (χ4v) is 2.16. The molecule has 8 heteroatoms. The van der Waals surface area contributed by atoms with Gasteiger partial charge in [-0.15, -0.1) is 0 Å². The maximum Gasteiger partial charge on any atom is 0.292 e. The van der Waals surface area contributed by atoms with E-state index in [-0.39, 0.29) is 10.6 Å². The summed E-state index contributed by atoms with van der Waals surface area (Å²) in [5.41, 5.74) is 0.743. The Labute approximate surface area is 131 Å². The summed E-state index contributed by atoms with van der Waals surface area (Å²) in [5.74, 6) is 0.725. The van der Waals surface area contributed by atoms with E-state index in [2.05, 4.69) is 20.5 Å². The summed E-state index contributed by atoms with van der Waals surface area (Å²) in [4.78, 5) is 16.4. The van der Waals surface area contributed by atoms with Crippen molar-refractivity contribution in [3.8, 4) is 5.69 Å². The van der Waals surface area contributed by atoms with Crippen LogP contribution in [-0.4, -0.2) is 24.5 Å². The van der Waals surface area contributed by atoms with Crippen LogP contribution in [0.3, 0.4) is 0 Å². The minimum Gasteiger partial charge on any atom is -0.375 e. The molecule has 2 heterocycles. The van der Waals surface area contributed by atoms with E-state index in [1.807, 2.05) is 18.2 Å². The van der Waals surface area contributed by atoms with Gasteiger partial charge in [0.15, 0.2) is 0 Å². The van der Waals surface area contributed by atoms with Crippen LogP contribution in [0.25, 0.3) is 5.69 Å². The third-order valence-electron chi connectivity index (χ3n) is 3.16. The van der Waals surface area contributed by atoms with E-state index in [0.29, 0.717) is 17.9 Å². The van der Waals surface area contributed by atoms with Gasteiger partial charge in [0, 0.05) is 7.05 Å². The zero-order valence-electron chi connectivity index (χ0n) is 11.8. The predicted octanol–water partition coefficient (Wildman–Crippen LogP) is 1.63. The number of halogens is 1. The quantitative estimate of drug-likeness (QED) is 0.791. The van der Waals surface area contributed by atoms with Gasteiger partial charge < -0.3 is 5.32 Å². The number of aryl methyl sites for hydroxylation is 1. The molecule has 0 saturated heterocycles. The molecule has 0 atom stereocenters. The van der Waals surface area contributed by atoms with Crippen molar-refractivity contribution in [3.05, 3.63) is 64.1 Å². The molecule has 0 spiro atoms. The second-order valence-electron chi connectivity index (χ2n) is 4.58. The lowest BCUT2D eigenvalue weighted by molar-refractivity contribution is 0.711. The van der Waals surface area contributed by atoms with Crippen LogP contribution < -0.4 is 10.9 Å². The van der Waals surface area contributed by atoms with Gasteiger partial charge in [0.1, 0.15) is 17.2 Å². The summed E-state index contributed by atoms with van der Waals surface area (Å²) < 4.78 is 2.90. The van der Waals surface area contributed by atoms with Crippen LogP contribution in [-0.2, 0) is 13.6 Å². The number of hydrogen-bond acceptors (Lipinski definition) is 5. The molecular formula is C14H13ClN6O. The number of nitrogens with one attached hydrogen (secondary N) is 1. The van der Waals surface area contributed by atoms with Gasteiger partial charge in [0.25, 0.3) is 5.56 Å². The Hall–Kier alpha value is -2.67. The second-order valence-corrected chi connectivity index (χ2v) is 4.96. The number of para-hydroxylation sites is 1. The van der Waals surface area contributed by atoms with Gasteiger partial charge in [0.05, 0.1) is 24.1 Å². The summed E-state index contributed by atoms with van der Waals surface area (Å²) in [6, 6.07) is 9.11. The van der Waals surface area contributed by atoms with E-state index in [9.17, 15) is 4.79 Å². The average molecular weight is 317 g/mol. The standard InChI is InChI=1S/C14H13ClN6O/c1-20-12(17-9-19-20)8-16-11-7-18-21(14(22)13(11)15)10-5-3-2-4-6-10/h2-7,9,16H,8H2,1H3. The lowest BCUT2D eigenvalue weighted by atomic mass is 10.3. The first-order chi connectivity index (χ1) is 10.7. The highest BCUT2D eigenvalue weighted by Crippen LogP contribution is 2.17. The molecule has 0 radical (unpaired) electrons. The first kappa shape index (κ1) is 14.3. The maximum absolute atomic E-state index is 12.3. The van der Waals surface area contributed by atoms with Gasteiger partial charge in [-0.3, -0.25) is 9.48 Å². The van der Waals surface area contributed by atoms with Crippen molar-refractivity contribution in [2.75, 3.05) is 5.32 Å². The van der Waals surface area contributed by atoms with Gasteiger partial charge in [-0.05, 0) is 12.1 Å². The van der Waals surface area contributed by atoms with E-state index in [1.54, 1.807) is 23.9 Å². The van der Waals surface area contributed by atoms with Gasteiger partial charge in [-0.2, -0.15) is 14.9 Å². The van der Waals surface area contributed by atoms with E-state index >= 15 is 0 Å². The third-order valence-corrected chi connectivity index (χ3v) is 3.53. The molecule has 0 aliphatic carbocycles. The molecule has 22 heavy (non-hydrogen) atoms. The van der Waals surface area contributed by atoms with Gasteiger partial charge in [-0.25, -0.2) is 4.98 Å². The van der Waals surface area contributed by atoms with Crippen molar-refractivity contribution in [1.82, 2.24) is 24.5 Å². The first-order valence-electron chi connectivity index (χ1n) is 6.57. The van der Waals surface area contributed by atoms with Crippen molar-refractivity contribution in [2.45, 2.75) is 6.54 Å². The maximum atomic E-state index is 12.3. The Morgan fingerprint density at radius 3 is 2.68 bits per heavy atom. The van der Waals surface area contributed by atoms with Crippen molar-refractivity contribution in [1.29, 1.82) is 0 Å². The van der Waals surface area contributed by atoms with Gasteiger partial charge in [-0.1, -0.05) is 29.8 Å². The molecule has 7 nitrogen and oxygen atoms in total. The number of nitrogens with zero attached hydrogens (tertiary/aromatic N) is 5. The molecule has 0 bridgehead atoms. The smallest absolute Gasteiger partial charge is 0.292 e. The molecule has 3 rings (SSSR count).